The predicted molar refractivity (Wildman–Crippen MR) is 48.4 cm³/mol. The van der Waals surface area contributed by atoms with Crippen LogP contribution in [0.4, 0.5) is 0 Å². The van der Waals surface area contributed by atoms with Crippen molar-refractivity contribution in [1.82, 2.24) is 0 Å². The maximum absolute atomic E-state index is 5.44. The van der Waals surface area contributed by atoms with Gasteiger partial charge in [-0.15, -0.1) is 0 Å². The summed E-state index contributed by atoms with van der Waals surface area (Å²) in [7, 11) is -1.33. The van der Waals surface area contributed by atoms with Gasteiger partial charge in [0.2, 0.25) is 8.32 Å². The second-order valence-electron chi connectivity index (χ2n) is 3.08. The third-order valence-electron chi connectivity index (χ3n) is 0.804. The molecule has 0 aromatic rings. The van der Waals surface area contributed by atoms with Gasteiger partial charge < -0.3 is 4.43 Å². The van der Waals surface area contributed by atoms with E-state index in [4.69, 9.17) is 4.43 Å². The van der Waals surface area contributed by atoms with E-state index in [1.807, 2.05) is 25.2 Å². The minimum absolute atomic E-state index is 1.33. The second kappa shape index (κ2) is 4.33. The van der Waals surface area contributed by atoms with E-state index >= 15 is 0 Å². The summed E-state index contributed by atoms with van der Waals surface area (Å²) < 4.78 is 5.44. The first-order valence-corrected chi connectivity index (χ1v) is 6.93. The van der Waals surface area contributed by atoms with E-state index in [1.54, 1.807) is 6.26 Å². The average molecular weight is 156 g/mol. The van der Waals surface area contributed by atoms with Crippen LogP contribution in [0, 0.1) is 0 Å². The van der Waals surface area contributed by atoms with Crippen molar-refractivity contribution >= 4 is 8.32 Å². The summed E-state index contributed by atoms with van der Waals surface area (Å²) in [4.78, 5) is 0. The lowest BCUT2D eigenvalue weighted by Gasteiger charge is -2.13. The van der Waals surface area contributed by atoms with Crippen LogP contribution in [-0.2, 0) is 4.43 Å². The summed E-state index contributed by atoms with van der Waals surface area (Å²) in [6.07, 6.45) is 7.62. The van der Waals surface area contributed by atoms with Gasteiger partial charge in [0.15, 0.2) is 0 Å². The monoisotopic (exact) mass is 156 g/mol. The van der Waals surface area contributed by atoms with Gasteiger partial charge in [-0.2, -0.15) is 0 Å². The number of rotatable bonds is 3. The molecule has 0 atom stereocenters. The predicted octanol–water partition coefficient (Wildman–Crippen LogP) is 2.93. The molecule has 0 saturated heterocycles. The molecule has 0 aromatic carbocycles. The summed E-state index contributed by atoms with van der Waals surface area (Å²) in [6, 6.07) is 0. The molecule has 0 radical (unpaired) electrons. The zero-order valence-electron chi connectivity index (χ0n) is 7.22. The van der Waals surface area contributed by atoms with E-state index in [0.717, 1.165) is 0 Å². The number of allylic oxidation sites excluding steroid dienone is 3. The van der Waals surface area contributed by atoms with Gasteiger partial charge in [0, 0.05) is 0 Å². The summed E-state index contributed by atoms with van der Waals surface area (Å²) in [5.41, 5.74) is 0. The van der Waals surface area contributed by atoms with Gasteiger partial charge in [0.1, 0.15) is 0 Å². The SMILES string of the molecule is CC=CC=CO[Si](C)(C)C. The Morgan fingerprint density at radius 2 is 1.70 bits per heavy atom. The molecule has 0 heterocycles. The van der Waals surface area contributed by atoms with Crippen LogP contribution < -0.4 is 0 Å². The van der Waals surface area contributed by atoms with Gasteiger partial charge in [-0.05, 0) is 32.6 Å². The Labute approximate surface area is 64.5 Å². The first-order chi connectivity index (χ1) is 4.56. The minimum atomic E-state index is -1.33. The fraction of sp³-hybridized carbons (Fsp3) is 0.500. The highest BCUT2D eigenvalue weighted by atomic mass is 28.4. The highest BCUT2D eigenvalue weighted by Crippen LogP contribution is 2.02. The van der Waals surface area contributed by atoms with E-state index in [0.29, 0.717) is 0 Å². The second-order valence-corrected chi connectivity index (χ2v) is 7.54. The van der Waals surface area contributed by atoms with Crippen molar-refractivity contribution in [2.24, 2.45) is 0 Å². The third-order valence-corrected chi connectivity index (χ3v) is 1.65. The maximum atomic E-state index is 5.44. The standard InChI is InChI=1S/C8H16OSi/c1-5-6-7-8-9-10(2,3)4/h5-8H,1-4H3. The Kier molecular flexibility index (Phi) is 4.12. The zero-order valence-corrected chi connectivity index (χ0v) is 8.22. The fourth-order valence-corrected chi connectivity index (χ4v) is 0.887. The van der Waals surface area contributed by atoms with Gasteiger partial charge >= 0.3 is 0 Å². The lowest BCUT2D eigenvalue weighted by Crippen LogP contribution is -2.21. The molecule has 0 rings (SSSR count). The molecule has 0 fully saturated rings. The van der Waals surface area contributed by atoms with Gasteiger partial charge in [0.25, 0.3) is 0 Å². The Morgan fingerprint density at radius 1 is 1.10 bits per heavy atom. The summed E-state index contributed by atoms with van der Waals surface area (Å²) >= 11 is 0. The van der Waals surface area contributed by atoms with Gasteiger partial charge in [-0.3, -0.25) is 0 Å². The molecule has 0 unspecified atom stereocenters. The first kappa shape index (κ1) is 9.50. The molecule has 0 spiro atoms. The molecular formula is C8H16OSi. The fourth-order valence-electron chi connectivity index (χ4n) is 0.400. The Bertz CT molecular complexity index is 131. The molecule has 1 nitrogen and oxygen atoms in total. The van der Waals surface area contributed by atoms with E-state index < -0.39 is 8.32 Å². The molecule has 0 aliphatic rings. The first-order valence-electron chi connectivity index (χ1n) is 3.52. The normalized spacial score (nSPS) is 13.2. The third kappa shape index (κ3) is 7.50. The van der Waals surface area contributed by atoms with Crippen LogP contribution in [0.1, 0.15) is 6.92 Å². The van der Waals surface area contributed by atoms with Crippen molar-refractivity contribution in [3.63, 3.8) is 0 Å². The van der Waals surface area contributed by atoms with Crippen LogP contribution in [0.3, 0.4) is 0 Å². The number of hydrogen-bond acceptors (Lipinski definition) is 1. The summed E-state index contributed by atoms with van der Waals surface area (Å²) in [6.45, 7) is 8.46. The largest absolute Gasteiger partial charge is 0.550 e. The molecule has 0 saturated carbocycles. The lowest BCUT2D eigenvalue weighted by molar-refractivity contribution is 0.479. The van der Waals surface area contributed by atoms with Crippen molar-refractivity contribution in [3.05, 3.63) is 24.5 Å². The van der Waals surface area contributed by atoms with E-state index in [9.17, 15) is 0 Å². The van der Waals surface area contributed by atoms with E-state index in [1.165, 1.54) is 0 Å². The Hall–Kier alpha value is -0.503. The zero-order chi connectivity index (χ0) is 8.04. The topological polar surface area (TPSA) is 9.23 Å². The van der Waals surface area contributed by atoms with Crippen molar-refractivity contribution in [3.8, 4) is 0 Å². The molecule has 10 heavy (non-hydrogen) atoms. The summed E-state index contributed by atoms with van der Waals surface area (Å²) in [5.74, 6) is 0. The Morgan fingerprint density at radius 3 is 2.10 bits per heavy atom. The van der Waals surface area contributed by atoms with Crippen molar-refractivity contribution in [2.45, 2.75) is 26.6 Å². The van der Waals surface area contributed by atoms with Crippen LogP contribution in [0.15, 0.2) is 24.5 Å². The molecule has 0 aliphatic heterocycles. The highest BCUT2D eigenvalue weighted by Gasteiger charge is 2.12. The van der Waals surface area contributed by atoms with E-state index in [-0.39, 0.29) is 0 Å². The highest BCUT2D eigenvalue weighted by molar-refractivity contribution is 6.69. The smallest absolute Gasteiger partial charge is 0.241 e. The molecule has 2 heteroatoms. The van der Waals surface area contributed by atoms with Gasteiger partial charge in [-0.1, -0.05) is 12.2 Å². The van der Waals surface area contributed by atoms with Crippen LogP contribution in [0.2, 0.25) is 19.6 Å². The Balaban J connectivity index is 3.54. The van der Waals surface area contributed by atoms with Crippen molar-refractivity contribution < 1.29 is 4.43 Å². The van der Waals surface area contributed by atoms with Crippen LogP contribution in [0.5, 0.6) is 0 Å². The average Bonchev–Trinajstić information content (AvgIpc) is 1.78. The number of hydrogen-bond donors (Lipinski definition) is 0. The molecule has 0 bridgehead atoms. The quantitative estimate of drug-likeness (QED) is 0.347. The summed E-state index contributed by atoms with van der Waals surface area (Å²) in [5, 5.41) is 0. The maximum Gasteiger partial charge on any atom is 0.241 e. The van der Waals surface area contributed by atoms with E-state index in [2.05, 4.69) is 19.6 Å². The molecule has 58 valence electrons. The van der Waals surface area contributed by atoms with Crippen LogP contribution in [-0.4, -0.2) is 8.32 Å². The molecule has 0 aromatic heterocycles. The van der Waals surface area contributed by atoms with Crippen molar-refractivity contribution in [1.29, 1.82) is 0 Å². The van der Waals surface area contributed by atoms with Crippen LogP contribution >= 0.6 is 0 Å². The molecule has 0 aliphatic carbocycles. The lowest BCUT2D eigenvalue weighted by atomic mass is 10.5. The molecule has 0 amide bonds. The van der Waals surface area contributed by atoms with Gasteiger partial charge in [0.05, 0.1) is 6.26 Å². The van der Waals surface area contributed by atoms with Crippen LogP contribution in [0.25, 0.3) is 0 Å². The minimum Gasteiger partial charge on any atom is -0.550 e. The molecular weight excluding hydrogens is 140 g/mol. The van der Waals surface area contributed by atoms with Crippen molar-refractivity contribution in [2.75, 3.05) is 0 Å². The molecule has 0 N–H and O–H groups in total. The van der Waals surface area contributed by atoms with Gasteiger partial charge in [-0.25, -0.2) is 0 Å².